The number of rotatable bonds is 29. The lowest BCUT2D eigenvalue weighted by Crippen LogP contribution is -2.11. The highest BCUT2D eigenvalue weighted by Crippen LogP contribution is 2.20. The van der Waals surface area contributed by atoms with Crippen LogP contribution in [0.15, 0.2) is 18.2 Å². The fourth-order valence-corrected chi connectivity index (χ4v) is 5.33. The molecule has 7 heteroatoms. The van der Waals surface area contributed by atoms with E-state index in [2.05, 4.69) is 13.8 Å². The highest BCUT2D eigenvalue weighted by Gasteiger charge is 2.19. The summed E-state index contributed by atoms with van der Waals surface area (Å²) in [4.78, 5) is 36.0. The first kappa shape index (κ1) is 38.6. The van der Waals surface area contributed by atoms with Crippen LogP contribution in [-0.2, 0) is 9.47 Å². The van der Waals surface area contributed by atoms with Crippen molar-refractivity contribution in [3.63, 3.8) is 0 Å². The van der Waals surface area contributed by atoms with Crippen LogP contribution >= 0.6 is 0 Å². The van der Waals surface area contributed by atoms with Crippen molar-refractivity contribution in [3.05, 3.63) is 39.4 Å². The molecule has 0 unspecified atom stereocenters. The van der Waals surface area contributed by atoms with Crippen molar-refractivity contribution in [1.29, 1.82) is 0 Å². The van der Waals surface area contributed by atoms with Crippen molar-refractivity contribution in [3.8, 4) is 0 Å². The fourth-order valence-electron chi connectivity index (χ4n) is 5.33. The van der Waals surface area contributed by atoms with Gasteiger partial charge in [0.05, 0.1) is 29.3 Å². The molecule has 0 spiro atoms. The Balaban J connectivity index is 2.25. The molecule has 1 aromatic rings. The number of nitrogens with zero attached hydrogens (tertiary/aromatic N) is 1. The second-order valence-electron chi connectivity index (χ2n) is 12.1. The van der Waals surface area contributed by atoms with Crippen molar-refractivity contribution < 1.29 is 24.0 Å². The fraction of sp³-hybridized carbons (Fsp3) is 0.778. The van der Waals surface area contributed by atoms with Gasteiger partial charge in [0.2, 0.25) is 0 Å². The van der Waals surface area contributed by atoms with E-state index >= 15 is 0 Å². The predicted octanol–water partition coefficient (Wildman–Crippen LogP) is 11.3. The lowest BCUT2D eigenvalue weighted by molar-refractivity contribution is -0.384. The molecule has 0 aromatic heterocycles. The van der Waals surface area contributed by atoms with Gasteiger partial charge in [-0.3, -0.25) is 10.1 Å². The Hall–Kier alpha value is -2.44. The summed E-state index contributed by atoms with van der Waals surface area (Å²) in [5.41, 5.74) is -0.312. The number of benzene rings is 1. The zero-order valence-corrected chi connectivity index (χ0v) is 27.5. The van der Waals surface area contributed by atoms with E-state index in [4.69, 9.17) is 9.47 Å². The largest absolute Gasteiger partial charge is 0.462 e. The zero-order chi connectivity index (χ0) is 31.4. The Morgan fingerprint density at radius 1 is 0.512 bits per heavy atom. The molecule has 1 rings (SSSR count). The van der Waals surface area contributed by atoms with Gasteiger partial charge in [0.25, 0.3) is 5.69 Å². The summed E-state index contributed by atoms with van der Waals surface area (Å²) >= 11 is 0. The molecule has 0 saturated carbocycles. The van der Waals surface area contributed by atoms with Gasteiger partial charge >= 0.3 is 11.9 Å². The summed E-state index contributed by atoms with van der Waals surface area (Å²) in [5, 5.41) is 11.4. The van der Waals surface area contributed by atoms with Crippen molar-refractivity contribution in [1.82, 2.24) is 0 Å². The van der Waals surface area contributed by atoms with Crippen LogP contribution in [0.25, 0.3) is 0 Å². The normalized spacial score (nSPS) is 11.0. The molecule has 0 radical (unpaired) electrons. The summed E-state index contributed by atoms with van der Waals surface area (Å²) in [6.07, 6.45) is 29.2. The Morgan fingerprint density at radius 3 is 1.07 bits per heavy atom. The molecule has 0 aliphatic carbocycles. The number of nitro groups is 1. The van der Waals surface area contributed by atoms with E-state index in [1.807, 2.05) is 0 Å². The van der Waals surface area contributed by atoms with Crippen LogP contribution in [0, 0.1) is 10.1 Å². The number of non-ortho nitro benzene ring substituents is 1. The number of carbonyl (C=O) groups excluding carboxylic acids is 2. The second-order valence-corrected chi connectivity index (χ2v) is 12.1. The first-order valence-electron chi connectivity index (χ1n) is 17.6. The molecule has 0 bridgehead atoms. The third kappa shape index (κ3) is 21.0. The molecular weight excluding hydrogens is 542 g/mol. The highest BCUT2D eigenvalue weighted by atomic mass is 16.6. The van der Waals surface area contributed by atoms with E-state index in [1.165, 1.54) is 122 Å². The van der Waals surface area contributed by atoms with Gasteiger partial charge in [-0.25, -0.2) is 9.59 Å². The average Bonchev–Trinajstić information content (AvgIpc) is 3.01. The first-order valence-corrected chi connectivity index (χ1v) is 17.6. The van der Waals surface area contributed by atoms with Crippen LogP contribution in [0.4, 0.5) is 5.69 Å². The molecule has 0 amide bonds. The molecule has 246 valence electrons. The number of unbranched alkanes of at least 4 members (excludes halogenated alkanes) is 22. The van der Waals surface area contributed by atoms with E-state index in [0.29, 0.717) is 0 Å². The number of hydrogen-bond acceptors (Lipinski definition) is 6. The van der Waals surface area contributed by atoms with E-state index in [9.17, 15) is 19.7 Å². The Kier molecular flexibility index (Phi) is 24.3. The minimum Gasteiger partial charge on any atom is -0.462 e. The van der Waals surface area contributed by atoms with Crippen molar-refractivity contribution in [2.75, 3.05) is 13.2 Å². The van der Waals surface area contributed by atoms with Crippen LogP contribution in [0.3, 0.4) is 0 Å². The lowest BCUT2D eigenvalue weighted by Gasteiger charge is -2.08. The quantitative estimate of drug-likeness (QED) is 0.0391. The molecule has 0 atom stereocenters. The number of hydrogen-bond donors (Lipinski definition) is 0. The Labute approximate surface area is 262 Å². The highest BCUT2D eigenvalue weighted by molar-refractivity contribution is 5.96. The standard InChI is InChI=1S/C36H61NO6/c1-3-5-7-9-11-13-15-17-19-21-23-25-27-42-35(38)32-29-33(31-34(30-32)37(40)41)36(39)43-28-26-24-22-20-18-16-14-12-10-8-6-4-2/h29-31H,3-28H2,1-2H3. The van der Waals surface area contributed by atoms with E-state index in [0.717, 1.165) is 50.7 Å². The molecule has 0 fully saturated rings. The van der Waals surface area contributed by atoms with E-state index < -0.39 is 16.9 Å². The van der Waals surface area contributed by atoms with Crippen LogP contribution in [-0.4, -0.2) is 30.1 Å². The van der Waals surface area contributed by atoms with Crippen LogP contribution in [0.1, 0.15) is 189 Å². The van der Waals surface area contributed by atoms with Crippen LogP contribution in [0.5, 0.6) is 0 Å². The summed E-state index contributed by atoms with van der Waals surface area (Å²) < 4.78 is 10.7. The third-order valence-corrected chi connectivity index (χ3v) is 8.06. The van der Waals surface area contributed by atoms with E-state index in [-0.39, 0.29) is 30.0 Å². The molecule has 0 N–H and O–H groups in total. The van der Waals surface area contributed by atoms with Gasteiger partial charge < -0.3 is 9.47 Å². The van der Waals surface area contributed by atoms with Crippen LogP contribution in [0.2, 0.25) is 0 Å². The van der Waals surface area contributed by atoms with Crippen LogP contribution < -0.4 is 0 Å². The van der Waals surface area contributed by atoms with Crippen molar-refractivity contribution in [2.24, 2.45) is 0 Å². The third-order valence-electron chi connectivity index (χ3n) is 8.06. The predicted molar refractivity (Wildman–Crippen MR) is 176 cm³/mol. The molecule has 0 aliphatic rings. The number of ether oxygens (including phenoxy) is 2. The molecular formula is C36H61NO6. The van der Waals surface area contributed by atoms with Gasteiger partial charge in [0, 0.05) is 12.1 Å². The maximum atomic E-state index is 12.6. The summed E-state index contributed by atoms with van der Waals surface area (Å²) in [6, 6.07) is 3.65. The minimum atomic E-state index is -0.651. The lowest BCUT2D eigenvalue weighted by atomic mass is 10.1. The molecule has 0 heterocycles. The number of esters is 2. The molecule has 0 aliphatic heterocycles. The maximum Gasteiger partial charge on any atom is 0.338 e. The average molecular weight is 604 g/mol. The topological polar surface area (TPSA) is 95.7 Å². The smallest absolute Gasteiger partial charge is 0.338 e. The second kappa shape index (κ2) is 27.1. The SMILES string of the molecule is CCCCCCCCCCCCCCOC(=O)c1cc(C(=O)OCCCCCCCCCCCCCC)cc([N+](=O)[O-])c1. The van der Waals surface area contributed by atoms with E-state index in [1.54, 1.807) is 0 Å². The van der Waals surface area contributed by atoms with Gasteiger partial charge in [-0.2, -0.15) is 0 Å². The van der Waals surface area contributed by atoms with Crippen molar-refractivity contribution in [2.45, 2.75) is 168 Å². The van der Waals surface area contributed by atoms with Crippen molar-refractivity contribution >= 4 is 17.6 Å². The molecule has 1 aromatic carbocycles. The summed E-state index contributed by atoms with van der Waals surface area (Å²) in [6.45, 7) is 5.00. The Bertz CT molecular complexity index is 811. The van der Waals surface area contributed by atoms with Gasteiger partial charge in [-0.15, -0.1) is 0 Å². The molecule has 7 nitrogen and oxygen atoms in total. The summed E-state index contributed by atoms with van der Waals surface area (Å²) in [5.74, 6) is -1.30. The summed E-state index contributed by atoms with van der Waals surface area (Å²) in [7, 11) is 0. The van der Waals surface area contributed by atoms with Gasteiger partial charge in [-0.05, 0) is 18.9 Å². The number of carbonyl (C=O) groups is 2. The number of nitro benzene ring substituents is 1. The monoisotopic (exact) mass is 603 g/mol. The maximum absolute atomic E-state index is 12.6. The minimum absolute atomic E-state index is 0.00505. The first-order chi connectivity index (χ1) is 21.0. The zero-order valence-electron chi connectivity index (χ0n) is 27.5. The Morgan fingerprint density at radius 2 is 0.791 bits per heavy atom. The van der Waals surface area contributed by atoms with Gasteiger partial charge in [0.15, 0.2) is 0 Å². The van der Waals surface area contributed by atoms with Gasteiger partial charge in [-0.1, -0.05) is 155 Å². The molecule has 0 saturated heterocycles. The van der Waals surface area contributed by atoms with Gasteiger partial charge in [0.1, 0.15) is 0 Å². The molecule has 43 heavy (non-hydrogen) atoms.